The van der Waals surface area contributed by atoms with Gasteiger partial charge < -0.3 is 15.4 Å². The largest absolute Gasteiger partial charge is 0.454 e. The maximum absolute atomic E-state index is 12.8. The molecule has 2 aliphatic rings. The first kappa shape index (κ1) is 21.8. The first-order valence-electron chi connectivity index (χ1n) is 10.4. The predicted octanol–water partition coefficient (Wildman–Crippen LogP) is 1.70. The lowest BCUT2D eigenvalue weighted by Gasteiger charge is -2.36. The van der Waals surface area contributed by atoms with Gasteiger partial charge in [-0.15, -0.1) is 0 Å². The molecule has 4 amide bonds. The predicted molar refractivity (Wildman–Crippen MR) is 109 cm³/mol. The normalized spacial score (nSPS) is 23.4. The number of ether oxygens (including phenoxy) is 1. The highest BCUT2D eigenvalue weighted by molar-refractivity contribution is 6.09. The van der Waals surface area contributed by atoms with E-state index in [-0.39, 0.29) is 11.8 Å². The van der Waals surface area contributed by atoms with E-state index < -0.39 is 36.6 Å². The van der Waals surface area contributed by atoms with Gasteiger partial charge in [0.05, 0.1) is 0 Å². The Labute approximate surface area is 176 Å². The first-order valence-corrected chi connectivity index (χ1v) is 10.4. The fraction of sp³-hybridized carbons (Fsp3) is 0.545. The summed E-state index contributed by atoms with van der Waals surface area (Å²) in [7, 11) is 0. The summed E-state index contributed by atoms with van der Waals surface area (Å²) in [5.74, 6) is -1.57. The Kier molecular flexibility index (Phi) is 6.74. The zero-order chi connectivity index (χ0) is 21.7. The standard InChI is InChI=1S/C22H29N3O5/c1-15-7-3-4-9-17(15)10-12-23-18(26)14-30-19(27)13-25-20(28)22(24-21(25)29)11-6-5-8-16(22)2/h3-4,7,9,16H,5-6,8,10-14H2,1-2H3,(H,23,26)(H,24,29)/t16-,22+/m1/s1. The fourth-order valence-corrected chi connectivity index (χ4v) is 4.24. The molecule has 0 bridgehead atoms. The van der Waals surface area contributed by atoms with Gasteiger partial charge in [0, 0.05) is 6.54 Å². The minimum absolute atomic E-state index is 0.0164. The topological polar surface area (TPSA) is 105 Å². The molecular formula is C22H29N3O5. The van der Waals surface area contributed by atoms with Crippen LogP contribution in [-0.4, -0.2) is 54.0 Å². The van der Waals surface area contributed by atoms with Crippen molar-refractivity contribution >= 4 is 23.8 Å². The van der Waals surface area contributed by atoms with Gasteiger partial charge in [-0.2, -0.15) is 0 Å². The summed E-state index contributed by atoms with van der Waals surface area (Å²) in [5, 5.41) is 5.49. The molecule has 2 N–H and O–H groups in total. The van der Waals surface area contributed by atoms with Crippen LogP contribution in [0.3, 0.4) is 0 Å². The molecule has 1 saturated carbocycles. The minimum Gasteiger partial charge on any atom is -0.454 e. The average molecular weight is 415 g/mol. The van der Waals surface area contributed by atoms with Crippen LogP contribution in [0.5, 0.6) is 0 Å². The van der Waals surface area contributed by atoms with Crippen LogP contribution in [0.4, 0.5) is 4.79 Å². The fourth-order valence-electron chi connectivity index (χ4n) is 4.24. The summed E-state index contributed by atoms with van der Waals surface area (Å²) in [6.45, 7) is 3.44. The van der Waals surface area contributed by atoms with Gasteiger partial charge in [-0.1, -0.05) is 44.0 Å². The molecule has 2 fully saturated rings. The van der Waals surface area contributed by atoms with Crippen LogP contribution in [0.1, 0.15) is 43.7 Å². The van der Waals surface area contributed by atoms with Crippen molar-refractivity contribution in [3.05, 3.63) is 35.4 Å². The molecule has 162 valence electrons. The second-order valence-electron chi connectivity index (χ2n) is 8.13. The van der Waals surface area contributed by atoms with Crippen molar-refractivity contribution in [2.45, 2.75) is 51.5 Å². The number of carbonyl (C=O) groups is 4. The lowest BCUT2D eigenvalue weighted by molar-refractivity contribution is -0.151. The van der Waals surface area contributed by atoms with Crippen LogP contribution in [0.2, 0.25) is 0 Å². The van der Waals surface area contributed by atoms with Gasteiger partial charge in [-0.05, 0) is 43.2 Å². The highest BCUT2D eigenvalue weighted by atomic mass is 16.5. The van der Waals surface area contributed by atoms with Gasteiger partial charge in [0.2, 0.25) is 0 Å². The Morgan fingerprint density at radius 3 is 2.77 bits per heavy atom. The van der Waals surface area contributed by atoms with Crippen LogP contribution in [0.15, 0.2) is 24.3 Å². The van der Waals surface area contributed by atoms with Gasteiger partial charge >= 0.3 is 12.0 Å². The van der Waals surface area contributed by atoms with Crippen molar-refractivity contribution < 1.29 is 23.9 Å². The molecule has 1 aliphatic heterocycles. The third-order valence-corrected chi connectivity index (χ3v) is 6.13. The highest BCUT2D eigenvalue weighted by Gasteiger charge is 2.55. The summed E-state index contributed by atoms with van der Waals surface area (Å²) in [4.78, 5) is 50.1. The SMILES string of the molecule is Cc1ccccc1CCNC(=O)COC(=O)CN1C(=O)N[C@]2(CCCC[C@H]2C)C1=O. The number of benzene rings is 1. The smallest absolute Gasteiger partial charge is 0.326 e. The molecule has 1 aliphatic carbocycles. The van der Waals surface area contributed by atoms with Gasteiger partial charge in [0.1, 0.15) is 12.1 Å². The maximum Gasteiger partial charge on any atom is 0.326 e. The number of esters is 1. The van der Waals surface area contributed by atoms with E-state index in [2.05, 4.69) is 10.6 Å². The van der Waals surface area contributed by atoms with E-state index in [1.165, 1.54) is 0 Å². The molecule has 8 nitrogen and oxygen atoms in total. The maximum atomic E-state index is 12.8. The van der Waals surface area contributed by atoms with Crippen molar-refractivity contribution in [2.24, 2.45) is 5.92 Å². The second kappa shape index (κ2) is 9.28. The summed E-state index contributed by atoms with van der Waals surface area (Å²) in [6.07, 6.45) is 3.99. The lowest BCUT2D eigenvalue weighted by Crippen LogP contribution is -2.54. The van der Waals surface area contributed by atoms with Crippen molar-refractivity contribution in [1.82, 2.24) is 15.5 Å². The molecule has 0 radical (unpaired) electrons. The lowest BCUT2D eigenvalue weighted by atomic mass is 9.73. The summed E-state index contributed by atoms with van der Waals surface area (Å²) in [6, 6.07) is 7.33. The van der Waals surface area contributed by atoms with Crippen LogP contribution in [-0.2, 0) is 25.5 Å². The summed E-state index contributed by atoms with van der Waals surface area (Å²) >= 11 is 0. The molecule has 0 unspecified atom stereocenters. The van der Waals surface area contributed by atoms with Gasteiger partial charge in [-0.25, -0.2) is 4.79 Å². The molecule has 0 aromatic heterocycles. The average Bonchev–Trinajstić information content (AvgIpc) is 2.95. The molecule has 30 heavy (non-hydrogen) atoms. The zero-order valence-electron chi connectivity index (χ0n) is 17.5. The van der Waals surface area contributed by atoms with E-state index in [0.717, 1.165) is 35.3 Å². The minimum atomic E-state index is -0.914. The number of hydrogen-bond donors (Lipinski definition) is 2. The molecule has 1 saturated heterocycles. The number of imide groups is 1. The third kappa shape index (κ3) is 4.63. The van der Waals surface area contributed by atoms with E-state index >= 15 is 0 Å². The molecule has 2 atom stereocenters. The van der Waals surface area contributed by atoms with E-state index in [9.17, 15) is 19.2 Å². The third-order valence-electron chi connectivity index (χ3n) is 6.13. The number of aryl methyl sites for hydroxylation is 1. The number of hydrogen-bond acceptors (Lipinski definition) is 5. The molecular weight excluding hydrogens is 386 g/mol. The molecule has 8 heteroatoms. The van der Waals surface area contributed by atoms with Crippen molar-refractivity contribution in [1.29, 1.82) is 0 Å². The number of nitrogens with zero attached hydrogens (tertiary/aromatic N) is 1. The quantitative estimate of drug-likeness (QED) is 0.521. The molecule has 3 rings (SSSR count). The number of rotatable bonds is 7. The van der Waals surface area contributed by atoms with Crippen LogP contribution in [0.25, 0.3) is 0 Å². The van der Waals surface area contributed by atoms with Gasteiger partial charge in [0.25, 0.3) is 11.8 Å². The van der Waals surface area contributed by atoms with Crippen LogP contribution < -0.4 is 10.6 Å². The van der Waals surface area contributed by atoms with Crippen LogP contribution in [0, 0.1) is 12.8 Å². The number of urea groups is 1. The van der Waals surface area contributed by atoms with Gasteiger partial charge in [0.15, 0.2) is 6.61 Å². The Morgan fingerprint density at radius 2 is 2.03 bits per heavy atom. The van der Waals surface area contributed by atoms with Crippen molar-refractivity contribution in [3.8, 4) is 0 Å². The summed E-state index contributed by atoms with van der Waals surface area (Å²) < 4.78 is 4.97. The van der Waals surface area contributed by atoms with Gasteiger partial charge in [-0.3, -0.25) is 19.3 Å². The van der Waals surface area contributed by atoms with E-state index in [4.69, 9.17) is 4.74 Å². The Bertz CT molecular complexity index is 840. The monoisotopic (exact) mass is 415 g/mol. The number of amides is 4. The number of nitrogens with one attached hydrogen (secondary N) is 2. The number of carbonyl (C=O) groups excluding carboxylic acids is 4. The van der Waals surface area contributed by atoms with E-state index in [1.807, 2.05) is 38.1 Å². The highest BCUT2D eigenvalue weighted by Crippen LogP contribution is 2.38. The second-order valence-corrected chi connectivity index (χ2v) is 8.13. The van der Waals surface area contributed by atoms with Crippen molar-refractivity contribution in [2.75, 3.05) is 19.7 Å². The zero-order valence-corrected chi connectivity index (χ0v) is 17.5. The Hall–Kier alpha value is -2.90. The summed E-state index contributed by atoms with van der Waals surface area (Å²) in [5.41, 5.74) is 1.37. The van der Waals surface area contributed by atoms with E-state index in [0.29, 0.717) is 19.4 Å². The Balaban J connectivity index is 1.43. The first-order chi connectivity index (χ1) is 14.3. The molecule has 1 aromatic rings. The molecule has 1 heterocycles. The molecule has 1 spiro atoms. The van der Waals surface area contributed by atoms with Crippen molar-refractivity contribution in [3.63, 3.8) is 0 Å². The molecule has 1 aromatic carbocycles. The Morgan fingerprint density at radius 1 is 1.27 bits per heavy atom. The van der Waals surface area contributed by atoms with E-state index in [1.54, 1.807) is 0 Å². The van der Waals surface area contributed by atoms with Crippen LogP contribution >= 0.6 is 0 Å².